The molecule has 3 heteroatoms. The van der Waals surface area contributed by atoms with Crippen LogP contribution in [0.4, 0.5) is 5.69 Å². The quantitative estimate of drug-likeness (QED) is 0.851. The lowest BCUT2D eigenvalue weighted by atomic mass is 10.1. The molecule has 2 N–H and O–H groups in total. The average Bonchev–Trinajstić information content (AvgIpc) is 2.44. The second-order valence-electron chi connectivity index (χ2n) is 4.38. The summed E-state index contributed by atoms with van der Waals surface area (Å²) in [5.74, 6) is 0.827. The Morgan fingerprint density at radius 3 is 2.58 bits per heavy atom. The Balaban J connectivity index is 1.93. The van der Waals surface area contributed by atoms with Crippen LogP contribution in [0.1, 0.15) is 16.7 Å². The summed E-state index contributed by atoms with van der Waals surface area (Å²) in [6, 6.07) is 15.3. The number of nitrogens with zero attached hydrogens (tertiary/aromatic N) is 1. The van der Waals surface area contributed by atoms with Crippen LogP contribution in [0.25, 0.3) is 0 Å². The van der Waals surface area contributed by atoms with Gasteiger partial charge < -0.3 is 10.5 Å². The van der Waals surface area contributed by atoms with E-state index in [1.165, 1.54) is 0 Å². The second-order valence-corrected chi connectivity index (χ2v) is 4.38. The molecule has 2 aromatic rings. The molecule has 0 saturated carbocycles. The average molecular weight is 252 g/mol. The van der Waals surface area contributed by atoms with Crippen molar-refractivity contribution in [3.05, 3.63) is 59.2 Å². The number of nitrogen functional groups attached to an aromatic ring is 1. The van der Waals surface area contributed by atoms with Crippen LogP contribution in [-0.2, 0) is 6.42 Å². The number of anilines is 1. The van der Waals surface area contributed by atoms with E-state index in [4.69, 9.17) is 15.7 Å². The van der Waals surface area contributed by atoms with Crippen LogP contribution in [0.15, 0.2) is 42.5 Å². The van der Waals surface area contributed by atoms with Crippen LogP contribution in [0, 0.1) is 18.3 Å². The van der Waals surface area contributed by atoms with Gasteiger partial charge in [0.05, 0.1) is 18.2 Å². The smallest absolute Gasteiger partial charge is 0.124 e. The van der Waals surface area contributed by atoms with Crippen molar-refractivity contribution in [2.24, 2.45) is 0 Å². The fourth-order valence-corrected chi connectivity index (χ4v) is 1.81. The van der Waals surface area contributed by atoms with Crippen molar-refractivity contribution in [1.29, 1.82) is 5.26 Å². The molecule has 2 rings (SSSR count). The predicted molar refractivity (Wildman–Crippen MR) is 75.9 cm³/mol. The van der Waals surface area contributed by atoms with E-state index in [2.05, 4.69) is 6.07 Å². The zero-order valence-electron chi connectivity index (χ0n) is 10.9. The highest BCUT2D eigenvalue weighted by molar-refractivity contribution is 5.53. The van der Waals surface area contributed by atoms with Crippen molar-refractivity contribution < 1.29 is 4.74 Å². The first-order chi connectivity index (χ1) is 9.20. The van der Waals surface area contributed by atoms with E-state index in [0.29, 0.717) is 12.2 Å². The Kier molecular flexibility index (Phi) is 4.04. The number of nitrogens with two attached hydrogens (primary N) is 1. The van der Waals surface area contributed by atoms with Gasteiger partial charge in [0.25, 0.3) is 0 Å². The van der Waals surface area contributed by atoms with Crippen LogP contribution >= 0.6 is 0 Å². The molecule has 0 aromatic heterocycles. The van der Waals surface area contributed by atoms with Gasteiger partial charge in [0.15, 0.2) is 0 Å². The molecule has 0 heterocycles. The first-order valence-corrected chi connectivity index (χ1v) is 6.17. The molecular formula is C16H16N2O. The fourth-order valence-electron chi connectivity index (χ4n) is 1.81. The van der Waals surface area contributed by atoms with Crippen LogP contribution in [0.2, 0.25) is 0 Å². The molecule has 0 fully saturated rings. The summed E-state index contributed by atoms with van der Waals surface area (Å²) in [5, 5.41) is 8.72. The highest BCUT2D eigenvalue weighted by atomic mass is 16.5. The van der Waals surface area contributed by atoms with Gasteiger partial charge in [-0.1, -0.05) is 18.2 Å². The van der Waals surface area contributed by atoms with Gasteiger partial charge in [-0.25, -0.2) is 0 Å². The van der Waals surface area contributed by atoms with Crippen LogP contribution in [0.3, 0.4) is 0 Å². The predicted octanol–water partition coefficient (Wildman–Crippen LogP) is 3.07. The highest BCUT2D eigenvalue weighted by Gasteiger charge is 2.02. The van der Waals surface area contributed by atoms with Gasteiger partial charge in [0, 0.05) is 17.7 Å². The highest BCUT2D eigenvalue weighted by Crippen LogP contribution is 2.22. The van der Waals surface area contributed by atoms with E-state index in [1.54, 1.807) is 0 Å². The second kappa shape index (κ2) is 5.92. The third kappa shape index (κ3) is 3.26. The van der Waals surface area contributed by atoms with Crippen molar-refractivity contribution in [3.63, 3.8) is 0 Å². The van der Waals surface area contributed by atoms with E-state index >= 15 is 0 Å². The molecule has 0 spiro atoms. The number of benzene rings is 2. The molecule has 0 radical (unpaired) electrons. The first kappa shape index (κ1) is 13.0. The Morgan fingerprint density at radius 1 is 1.16 bits per heavy atom. The maximum atomic E-state index is 8.72. The standard InChI is InChI=1S/C16H16N2O/c1-12-15(18)3-2-4-16(12)19-10-9-13-5-7-14(11-17)8-6-13/h2-8H,9-10,18H2,1H3. The summed E-state index contributed by atoms with van der Waals surface area (Å²) in [4.78, 5) is 0. The number of rotatable bonds is 4. The Labute approximate surface area is 113 Å². The molecule has 0 bridgehead atoms. The molecule has 0 aliphatic heterocycles. The SMILES string of the molecule is Cc1c(N)cccc1OCCc1ccc(C#N)cc1. The van der Waals surface area contributed by atoms with Gasteiger partial charge in [0.2, 0.25) is 0 Å². The molecule has 0 unspecified atom stereocenters. The summed E-state index contributed by atoms with van der Waals surface area (Å²) in [6.45, 7) is 2.54. The van der Waals surface area contributed by atoms with E-state index in [0.717, 1.165) is 29.0 Å². The third-order valence-corrected chi connectivity index (χ3v) is 3.06. The van der Waals surface area contributed by atoms with Crippen molar-refractivity contribution in [2.75, 3.05) is 12.3 Å². The lowest BCUT2D eigenvalue weighted by molar-refractivity contribution is 0.320. The number of ether oxygens (including phenoxy) is 1. The summed E-state index contributed by atoms with van der Waals surface area (Å²) in [5.41, 5.74) is 9.38. The molecule has 0 atom stereocenters. The maximum absolute atomic E-state index is 8.72. The fraction of sp³-hybridized carbons (Fsp3) is 0.188. The molecule has 96 valence electrons. The van der Waals surface area contributed by atoms with Gasteiger partial charge in [-0.3, -0.25) is 0 Å². The molecule has 0 amide bonds. The third-order valence-electron chi connectivity index (χ3n) is 3.06. The minimum Gasteiger partial charge on any atom is -0.493 e. The van der Waals surface area contributed by atoms with E-state index in [1.807, 2.05) is 49.4 Å². The number of nitriles is 1. The largest absolute Gasteiger partial charge is 0.493 e. The molecular weight excluding hydrogens is 236 g/mol. The topological polar surface area (TPSA) is 59.0 Å². The van der Waals surface area contributed by atoms with Gasteiger partial charge >= 0.3 is 0 Å². The number of hydrogen-bond acceptors (Lipinski definition) is 3. The molecule has 0 aliphatic rings. The van der Waals surface area contributed by atoms with E-state index in [-0.39, 0.29) is 0 Å². The molecule has 0 saturated heterocycles. The van der Waals surface area contributed by atoms with Gasteiger partial charge in [0.1, 0.15) is 5.75 Å². The minimum atomic E-state index is 0.593. The lowest BCUT2D eigenvalue weighted by Crippen LogP contribution is -2.03. The Bertz CT molecular complexity index is 597. The summed E-state index contributed by atoms with van der Waals surface area (Å²) in [7, 11) is 0. The van der Waals surface area contributed by atoms with Crippen molar-refractivity contribution >= 4 is 5.69 Å². The lowest BCUT2D eigenvalue weighted by Gasteiger charge is -2.10. The van der Waals surface area contributed by atoms with E-state index in [9.17, 15) is 0 Å². The minimum absolute atomic E-state index is 0.593. The van der Waals surface area contributed by atoms with Crippen molar-refractivity contribution in [2.45, 2.75) is 13.3 Å². The van der Waals surface area contributed by atoms with Gasteiger partial charge in [-0.05, 0) is 36.8 Å². The molecule has 3 nitrogen and oxygen atoms in total. The van der Waals surface area contributed by atoms with Gasteiger partial charge in [-0.2, -0.15) is 5.26 Å². The van der Waals surface area contributed by atoms with Gasteiger partial charge in [-0.15, -0.1) is 0 Å². The summed E-state index contributed by atoms with van der Waals surface area (Å²) in [6.07, 6.45) is 0.806. The van der Waals surface area contributed by atoms with E-state index < -0.39 is 0 Å². The monoisotopic (exact) mass is 252 g/mol. The first-order valence-electron chi connectivity index (χ1n) is 6.17. The Hall–Kier alpha value is -2.47. The zero-order valence-corrected chi connectivity index (χ0v) is 10.9. The van der Waals surface area contributed by atoms with Crippen LogP contribution < -0.4 is 10.5 Å². The molecule has 0 aliphatic carbocycles. The van der Waals surface area contributed by atoms with Crippen molar-refractivity contribution in [1.82, 2.24) is 0 Å². The van der Waals surface area contributed by atoms with Crippen molar-refractivity contribution in [3.8, 4) is 11.8 Å². The Morgan fingerprint density at radius 2 is 1.89 bits per heavy atom. The maximum Gasteiger partial charge on any atom is 0.124 e. The summed E-state index contributed by atoms with van der Waals surface area (Å²) >= 11 is 0. The summed E-state index contributed by atoms with van der Waals surface area (Å²) < 4.78 is 5.73. The normalized spacial score (nSPS) is 9.89. The molecule has 2 aromatic carbocycles. The van der Waals surface area contributed by atoms with Crippen LogP contribution in [-0.4, -0.2) is 6.61 Å². The zero-order chi connectivity index (χ0) is 13.7. The number of hydrogen-bond donors (Lipinski definition) is 1. The van der Waals surface area contributed by atoms with Crippen LogP contribution in [0.5, 0.6) is 5.75 Å². The molecule has 19 heavy (non-hydrogen) atoms.